The molecule has 0 rings (SSSR count). The summed E-state index contributed by atoms with van der Waals surface area (Å²) in [5, 5.41) is 19.3. The summed E-state index contributed by atoms with van der Waals surface area (Å²) in [5.41, 5.74) is 0. The van der Waals surface area contributed by atoms with Crippen molar-refractivity contribution in [3.8, 4) is 0 Å². The molecule has 33 heavy (non-hydrogen) atoms. The normalized spacial score (nSPS) is 9.55. The Kier molecular flexibility index (Phi) is 30.7. The Morgan fingerprint density at radius 1 is 0.788 bits per heavy atom. The van der Waals surface area contributed by atoms with E-state index in [-0.39, 0.29) is 29.7 Å². The van der Waals surface area contributed by atoms with Crippen LogP contribution in [0.15, 0.2) is 0 Å². The summed E-state index contributed by atoms with van der Waals surface area (Å²) in [6.07, 6.45) is 5.63. The lowest BCUT2D eigenvalue weighted by atomic mass is 10.2. The van der Waals surface area contributed by atoms with Crippen LogP contribution in [-0.2, 0) is 28.7 Å². The lowest BCUT2D eigenvalue weighted by Crippen LogP contribution is -2.27. The van der Waals surface area contributed by atoms with Gasteiger partial charge in [0, 0.05) is 52.5 Å². The Labute approximate surface area is 202 Å². The summed E-state index contributed by atoms with van der Waals surface area (Å²) in [6.45, 7) is 1.88. The van der Waals surface area contributed by atoms with Crippen LogP contribution >= 0.6 is 11.6 Å². The van der Waals surface area contributed by atoms with Crippen LogP contribution < -0.4 is 5.32 Å². The maximum absolute atomic E-state index is 11.5. The fourth-order valence-electron chi connectivity index (χ4n) is 2.16. The van der Waals surface area contributed by atoms with E-state index in [0.29, 0.717) is 70.9 Å². The molecule has 0 aromatic heterocycles. The average Bonchev–Trinajstić information content (AvgIpc) is 2.81. The molecule has 0 heterocycles. The van der Waals surface area contributed by atoms with Crippen molar-refractivity contribution in [3.05, 3.63) is 0 Å². The molecule has 0 spiro atoms. The van der Waals surface area contributed by atoms with Crippen LogP contribution in [0, 0.1) is 0 Å². The Hall–Kier alpha value is -1.75. The molecule has 0 unspecified atom stereocenters. The van der Waals surface area contributed by atoms with Crippen LogP contribution in [0.3, 0.4) is 0 Å². The SMILES string of the molecule is CNCCCO.COC(=O)CCCCC(=O)Cl.COC(=O)CCCCC(=O)N(C)CCCO. The van der Waals surface area contributed by atoms with Gasteiger partial charge in [0.05, 0.1) is 14.2 Å². The highest BCUT2D eigenvalue weighted by Gasteiger charge is 2.08. The van der Waals surface area contributed by atoms with E-state index in [1.54, 1.807) is 11.9 Å². The molecule has 3 N–H and O–H groups in total. The fraction of sp³-hybridized carbons (Fsp3) is 0.818. The van der Waals surface area contributed by atoms with E-state index in [9.17, 15) is 19.2 Å². The molecule has 0 aromatic rings. The zero-order valence-corrected chi connectivity index (χ0v) is 21.3. The van der Waals surface area contributed by atoms with Gasteiger partial charge >= 0.3 is 11.9 Å². The quantitative estimate of drug-likeness (QED) is 0.164. The summed E-state index contributed by atoms with van der Waals surface area (Å²) in [5.74, 6) is -0.425. The molecule has 0 aliphatic rings. The topological polar surface area (TPSA) is 142 Å². The third-order valence-corrected chi connectivity index (χ3v) is 4.33. The number of ether oxygens (including phenoxy) is 2. The first-order chi connectivity index (χ1) is 15.7. The van der Waals surface area contributed by atoms with E-state index >= 15 is 0 Å². The zero-order valence-electron chi connectivity index (χ0n) is 20.6. The van der Waals surface area contributed by atoms with E-state index in [2.05, 4.69) is 14.8 Å². The van der Waals surface area contributed by atoms with Crippen molar-refractivity contribution in [1.29, 1.82) is 0 Å². The number of hydrogen-bond acceptors (Lipinski definition) is 9. The van der Waals surface area contributed by atoms with E-state index in [1.807, 2.05) is 7.05 Å². The summed E-state index contributed by atoms with van der Waals surface area (Å²) >= 11 is 5.07. The smallest absolute Gasteiger partial charge is 0.305 e. The predicted molar refractivity (Wildman–Crippen MR) is 127 cm³/mol. The predicted octanol–water partition coefficient (Wildman–Crippen LogP) is 1.63. The molecule has 0 saturated carbocycles. The molecule has 0 aliphatic heterocycles. The Morgan fingerprint density at radius 3 is 1.61 bits per heavy atom. The number of amides is 1. The third-order valence-electron chi connectivity index (χ3n) is 4.14. The highest BCUT2D eigenvalue weighted by Crippen LogP contribution is 2.04. The first kappa shape index (κ1) is 35.8. The number of nitrogens with one attached hydrogen (secondary N) is 1. The van der Waals surface area contributed by atoms with E-state index < -0.39 is 0 Å². The number of nitrogens with zero attached hydrogens (tertiary/aromatic N) is 1. The van der Waals surface area contributed by atoms with Crippen molar-refractivity contribution in [3.63, 3.8) is 0 Å². The molecule has 0 aromatic carbocycles. The molecule has 0 saturated heterocycles. The number of aliphatic hydroxyl groups is 2. The van der Waals surface area contributed by atoms with Gasteiger partial charge in [0.2, 0.25) is 11.1 Å². The lowest BCUT2D eigenvalue weighted by Gasteiger charge is -2.16. The molecule has 11 heteroatoms. The van der Waals surface area contributed by atoms with Crippen molar-refractivity contribution in [1.82, 2.24) is 10.2 Å². The average molecular weight is 499 g/mol. The van der Waals surface area contributed by atoms with Crippen LogP contribution in [0.25, 0.3) is 0 Å². The van der Waals surface area contributed by atoms with Crippen molar-refractivity contribution < 1.29 is 38.9 Å². The fourth-order valence-corrected chi connectivity index (χ4v) is 2.30. The number of carbonyl (C=O) groups is 4. The maximum Gasteiger partial charge on any atom is 0.305 e. The van der Waals surface area contributed by atoms with Gasteiger partial charge < -0.3 is 29.9 Å². The second-order valence-corrected chi connectivity index (χ2v) is 7.42. The van der Waals surface area contributed by atoms with Crippen molar-refractivity contribution in [2.24, 2.45) is 0 Å². The summed E-state index contributed by atoms with van der Waals surface area (Å²) < 4.78 is 8.90. The molecule has 10 nitrogen and oxygen atoms in total. The minimum atomic E-state index is -0.352. The maximum atomic E-state index is 11.5. The molecule has 0 bridgehead atoms. The van der Waals surface area contributed by atoms with Crippen molar-refractivity contribution in [2.45, 2.75) is 64.2 Å². The van der Waals surface area contributed by atoms with Crippen LogP contribution in [0.4, 0.5) is 0 Å². The van der Waals surface area contributed by atoms with Crippen molar-refractivity contribution in [2.75, 3.05) is 54.6 Å². The standard InChI is InChI=1S/C11H21NO4.C7H11ClO3.C4H11NO/c1-12(8-5-9-13)10(14)6-3-4-7-11(15)16-2;1-11-7(10)5-3-2-4-6(8)9;1-5-3-2-4-6/h13H,3-9H2,1-2H3;2-5H2,1H3;5-6H,2-4H2,1H3. The highest BCUT2D eigenvalue weighted by molar-refractivity contribution is 6.63. The minimum absolute atomic E-state index is 0.0540. The van der Waals surface area contributed by atoms with Gasteiger partial charge in [-0.3, -0.25) is 19.2 Å². The van der Waals surface area contributed by atoms with E-state index in [0.717, 1.165) is 13.0 Å². The monoisotopic (exact) mass is 498 g/mol. The lowest BCUT2D eigenvalue weighted by molar-refractivity contribution is -0.141. The van der Waals surface area contributed by atoms with E-state index in [1.165, 1.54) is 14.2 Å². The summed E-state index contributed by atoms with van der Waals surface area (Å²) in [7, 11) is 6.29. The molecule has 0 aliphatic carbocycles. The largest absolute Gasteiger partial charge is 0.469 e. The van der Waals surface area contributed by atoms with Crippen LogP contribution in [-0.4, -0.2) is 92.8 Å². The van der Waals surface area contributed by atoms with E-state index in [4.69, 9.17) is 21.8 Å². The number of unbranched alkanes of at least 4 members (excludes halogenated alkanes) is 2. The summed E-state index contributed by atoms with van der Waals surface area (Å²) in [4.78, 5) is 44.6. The van der Waals surface area contributed by atoms with Gasteiger partial charge in [-0.1, -0.05) is 0 Å². The highest BCUT2D eigenvalue weighted by atomic mass is 35.5. The van der Waals surface area contributed by atoms with Gasteiger partial charge in [-0.15, -0.1) is 0 Å². The Balaban J connectivity index is -0.000000457. The number of carbonyl (C=O) groups excluding carboxylic acids is 4. The molecule has 1 amide bonds. The van der Waals surface area contributed by atoms with Gasteiger partial charge in [-0.05, 0) is 63.7 Å². The number of methoxy groups -OCH3 is 2. The first-order valence-electron chi connectivity index (χ1n) is 11.1. The zero-order chi connectivity index (χ0) is 25.9. The molecule has 196 valence electrons. The summed E-state index contributed by atoms with van der Waals surface area (Å²) in [6, 6.07) is 0. The Morgan fingerprint density at radius 2 is 1.24 bits per heavy atom. The van der Waals surface area contributed by atoms with Gasteiger partial charge in [-0.25, -0.2) is 0 Å². The number of hydrogen-bond donors (Lipinski definition) is 3. The van der Waals surface area contributed by atoms with Gasteiger partial charge in [0.25, 0.3) is 0 Å². The second kappa shape index (κ2) is 28.3. The van der Waals surface area contributed by atoms with Crippen LogP contribution in [0.5, 0.6) is 0 Å². The van der Waals surface area contributed by atoms with Gasteiger partial charge in [-0.2, -0.15) is 0 Å². The molecule has 0 fully saturated rings. The third kappa shape index (κ3) is 32.5. The number of rotatable bonds is 16. The number of esters is 2. The second-order valence-electron chi connectivity index (χ2n) is 6.99. The molecule has 0 radical (unpaired) electrons. The molecular formula is C22H43ClN2O8. The number of aliphatic hydroxyl groups excluding tert-OH is 2. The molecular weight excluding hydrogens is 456 g/mol. The minimum Gasteiger partial charge on any atom is -0.469 e. The first-order valence-corrected chi connectivity index (χ1v) is 11.5. The van der Waals surface area contributed by atoms with Crippen molar-refractivity contribution >= 4 is 34.7 Å². The number of halogens is 1. The molecule has 0 atom stereocenters. The van der Waals surface area contributed by atoms with Crippen LogP contribution in [0.2, 0.25) is 0 Å². The van der Waals surface area contributed by atoms with Crippen LogP contribution in [0.1, 0.15) is 64.2 Å². The Bertz CT molecular complexity index is 503. The van der Waals surface area contributed by atoms with Gasteiger partial charge in [0.1, 0.15) is 0 Å². The van der Waals surface area contributed by atoms with Gasteiger partial charge in [0.15, 0.2) is 0 Å².